The summed E-state index contributed by atoms with van der Waals surface area (Å²) >= 11 is 5.69. The van der Waals surface area contributed by atoms with E-state index in [1.165, 1.54) is 12.1 Å². The molecule has 1 aliphatic rings. The minimum atomic E-state index is -1.08. The van der Waals surface area contributed by atoms with Crippen LogP contribution in [0.1, 0.15) is 37.2 Å². The number of nitrogens with two attached hydrogens (primary N) is 1. The summed E-state index contributed by atoms with van der Waals surface area (Å²) in [5.41, 5.74) is 6.40. The van der Waals surface area contributed by atoms with Gasteiger partial charge in [-0.1, -0.05) is 17.7 Å². The fourth-order valence-electron chi connectivity index (χ4n) is 2.92. The quantitative estimate of drug-likeness (QED) is 0.840. The topological polar surface area (TPSA) is 72.6 Å². The van der Waals surface area contributed by atoms with E-state index in [1.54, 1.807) is 6.07 Å². The average Bonchev–Trinajstić information content (AvgIpc) is 2.51. The van der Waals surface area contributed by atoms with Crippen molar-refractivity contribution in [2.45, 2.75) is 37.6 Å². The van der Waals surface area contributed by atoms with E-state index in [0.29, 0.717) is 17.9 Å². The summed E-state index contributed by atoms with van der Waals surface area (Å²) in [4.78, 5) is 11.3. The molecule has 0 spiro atoms. The van der Waals surface area contributed by atoms with Crippen LogP contribution in [0.5, 0.6) is 0 Å². The Hall–Kier alpha value is -1.17. The number of hydrogen-bond acceptors (Lipinski definition) is 3. The van der Waals surface area contributed by atoms with E-state index < -0.39 is 23.7 Å². The Morgan fingerprint density at radius 2 is 2.14 bits per heavy atom. The molecule has 6 heteroatoms. The summed E-state index contributed by atoms with van der Waals surface area (Å²) in [6.07, 6.45) is 3.42. The lowest BCUT2D eigenvalue weighted by Crippen LogP contribution is -2.37. The lowest BCUT2D eigenvalue weighted by atomic mass is 9.83. The number of rotatable bonds is 6. The van der Waals surface area contributed by atoms with Gasteiger partial charge in [-0.2, -0.15) is 0 Å². The van der Waals surface area contributed by atoms with Gasteiger partial charge in [0.05, 0.1) is 5.02 Å². The minimum Gasteiger partial charge on any atom is -0.480 e. The van der Waals surface area contributed by atoms with Crippen molar-refractivity contribution in [3.8, 4) is 0 Å². The van der Waals surface area contributed by atoms with Gasteiger partial charge in [0.2, 0.25) is 0 Å². The largest absolute Gasteiger partial charge is 0.480 e. The molecule has 1 aromatic carbocycles. The molecule has 0 radical (unpaired) electrons. The Bertz CT molecular complexity index is 520. The molecule has 1 saturated heterocycles. The van der Waals surface area contributed by atoms with Crippen LogP contribution in [-0.2, 0) is 9.53 Å². The Morgan fingerprint density at radius 1 is 1.45 bits per heavy atom. The second-order valence-electron chi connectivity index (χ2n) is 5.78. The van der Waals surface area contributed by atoms with Gasteiger partial charge in [-0.15, -0.1) is 0 Å². The molecule has 0 unspecified atom stereocenters. The molecule has 122 valence electrons. The number of ether oxygens (including phenoxy) is 1. The Kier molecular flexibility index (Phi) is 6.17. The summed E-state index contributed by atoms with van der Waals surface area (Å²) in [5.74, 6) is -1.54. The van der Waals surface area contributed by atoms with Gasteiger partial charge in [-0.3, -0.25) is 4.79 Å². The van der Waals surface area contributed by atoms with Crippen LogP contribution in [-0.4, -0.2) is 30.3 Å². The fourth-order valence-corrected chi connectivity index (χ4v) is 3.04. The predicted octanol–water partition coefficient (Wildman–Crippen LogP) is 3.18. The molecule has 1 aromatic rings. The molecule has 0 aliphatic carbocycles. The van der Waals surface area contributed by atoms with Crippen molar-refractivity contribution in [2.75, 3.05) is 13.2 Å². The molecule has 0 amide bonds. The van der Waals surface area contributed by atoms with Crippen LogP contribution in [0.25, 0.3) is 0 Å². The van der Waals surface area contributed by atoms with E-state index >= 15 is 0 Å². The first-order valence-electron chi connectivity index (χ1n) is 7.50. The van der Waals surface area contributed by atoms with E-state index in [-0.39, 0.29) is 5.02 Å². The highest BCUT2D eigenvalue weighted by molar-refractivity contribution is 6.30. The van der Waals surface area contributed by atoms with Crippen molar-refractivity contribution in [2.24, 2.45) is 11.7 Å². The first-order chi connectivity index (χ1) is 10.5. The summed E-state index contributed by atoms with van der Waals surface area (Å²) < 4.78 is 19.0. The normalized spacial score (nSPS) is 18.9. The Labute approximate surface area is 134 Å². The molecule has 0 saturated carbocycles. The lowest BCUT2D eigenvalue weighted by molar-refractivity contribution is -0.139. The van der Waals surface area contributed by atoms with E-state index in [9.17, 15) is 14.3 Å². The van der Waals surface area contributed by atoms with Gasteiger partial charge in [0.25, 0.3) is 0 Å². The molecule has 1 fully saturated rings. The van der Waals surface area contributed by atoms with Crippen molar-refractivity contribution in [1.82, 2.24) is 0 Å². The summed E-state index contributed by atoms with van der Waals surface area (Å²) in [6.45, 7) is 1.49. The third-order valence-corrected chi connectivity index (χ3v) is 4.62. The average molecular weight is 330 g/mol. The number of aliphatic carboxylic acids is 1. The zero-order valence-electron chi connectivity index (χ0n) is 12.3. The highest BCUT2D eigenvalue weighted by Gasteiger charge is 2.27. The van der Waals surface area contributed by atoms with Crippen molar-refractivity contribution >= 4 is 17.6 Å². The molecule has 0 aromatic heterocycles. The molecule has 3 N–H and O–H groups in total. The highest BCUT2D eigenvalue weighted by Crippen LogP contribution is 2.31. The maximum Gasteiger partial charge on any atom is 0.321 e. The zero-order valence-corrected chi connectivity index (χ0v) is 13.1. The molecule has 1 heterocycles. The van der Waals surface area contributed by atoms with E-state index in [2.05, 4.69) is 0 Å². The second kappa shape index (κ2) is 7.90. The predicted molar refractivity (Wildman–Crippen MR) is 82.5 cm³/mol. The van der Waals surface area contributed by atoms with Crippen LogP contribution >= 0.6 is 11.6 Å². The standard InChI is InChI=1S/C16H21ClFNO3/c17-13-4-2-11(9-14(13)18)12(15(19)16(20)21)3-1-10-5-7-22-8-6-10/h2,4,9-10,12,15H,1,3,5-8,19H2,(H,20,21)/t12-,15+/m1/s1. The molecular formula is C16H21ClFNO3. The molecule has 0 bridgehead atoms. The lowest BCUT2D eigenvalue weighted by Gasteiger charge is -2.26. The van der Waals surface area contributed by atoms with Gasteiger partial charge in [0.15, 0.2) is 0 Å². The maximum atomic E-state index is 13.7. The molecular weight excluding hydrogens is 309 g/mol. The molecule has 22 heavy (non-hydrogen) atoms. The molecule has 1 aliphatic heterocycles. The van der Waals surface area contributed by atoms with Gasteiger partial charge < -0.3 is 15.6 Å². The number of hydrogen-bond donors (Lipinski definition) is 2. The van der Waals surface area contributed by atoms with Crippen molar-refractivity contribution in [3.63, 3.8) is 0 Å². The Morgan fingerprint density at radius 3 is 2.73 bits per heavy atom. The van der Waals surface area contributed by atoms with Crippen molar-refractivity contribution < 1.29 is 19.0 Å². The zero-order chi connectivity index (χ0) is 16.1. The first-order valence-corrected chi connectivity index (χ1v) is 7.88. The first kappa shape index (κ1) is 17.2. The van der Waals surface area contributed by atoms with Crippen LogP contribution in [0.15, 0.2) is 18.2 Å². The fraction of sp³-hybridized carbons (Fsp3) is 0.562. The summed E-state index contributed by atoms with van der Waals surface area (Å²) in [7, 11) is 0. The molecule has 2 rings (SSSR count). The summed E-state index contributed by atoms with van der Waals surface area (Å²) in [5, 5.41) is 9.23. The molecule has 2 atom stereocenters. The van der Waals surface area contributed by atoms with Gasteiger partial charge in [0, 0.05) is 19.1 Å². The number of benzene rings is 1. The van der Waals surface area contributed by atoms with E-state index in [0.717, 1.165) is 32.5 Å². The maximum absolute atomic E-state index is 13.7. The SMILES string of the molecule is N[C@H](C(=O)O)[C@H](CCC1CCOCC1)c1ccc(Cl)c(F)c1. The highest BCUT2D eigenvalue weighted by atomic mass is 35.5. The third-order valence-electron chi connectivity index (χ3n) is 4.32. The van der Waals surface area contributed by atoms with Crippen LogP contribution < -0.4 is 5.73 Å². The Balaban J connectivity index is 2.11. The van der Waals surface area contributed by atoms with Crippen LogP contribution in [0.4, 0.5) is 4.39 Å². The van der Waals surface area contributed by atoms with E-state index in [1.807, 2.05) is 0 Å². The van der Waals surface area contributed by atoms with Crippen LogP contribution in [0.3, 0.4) is 0 Å². The van der Waals surface area contributed by atoms with Crippen LogP contribution in [0.2, 0.25) is 5.02 Å². The second-order valence-corrected chi connectivity index (χ2v) is 6.18. The van der Waals surface area contributed by atoms with Crippen LogP contribution in [0, 0.1) is 11.7 Å². The number of carbonyl (C=O) groups is 1. The van der Waals surface area contributed by atoms with Gasteiger partial charge in [-0.25, -0.2) is 4.39 Å². The monoisotopic (exact) mass is 329 g/mol. The smallest absolute Gasteiger partial charge is 0.321 e. The summed E-state index contributed by atoms with van der Waals surface area (Å²) in [6, 6.07) is 3.34. The van der Waals surface area contributed by atoms with Gasteiger partial charge >= 0.3 is 5.97 Å². The van der Waals surface area contributed by atoms with Crippen molar-refractivity contribution in [1.29, 1.82) is 0 Å². The van der Waals surface area contributed by atoms with E-state index in [4.69, 9.17) is 22.1 Å². The van der Waals surface area contributed by atoms with Gasteiger partial charge in [0.1, 0.15) is 11.9 Å². The van der Waals surface area contributed by atoms with Crippen molar-refractivity contribution in [3.05, 3.63) is 34.6 Å². The van der Waals surface area contributed by atoms with Gasteiger partial charge in [-0.05, 0) is 49.3 Å². The molecule has 4 nitrogen and oxygen atoms in total. The number of carboxylic acid groups (broad SMARTS) is 1. The number of carboxylic acids is 1. The third kappa shape index (κ3) is 4.41. The number of halogens is 2. The minimum absolute atomic E-state index is 0.0239.